The van der Waals surface area contributed by atoms with Crippen LogP contribution in [-0.4, -0.2) is 29.0 Å². The summed E-state index contributed by atoms with van der Waals surface area (Å²) in [7, 11) is 0. The van der Waals surface area contributed by atoms with Crippen LogP contribution >= 0.6 is 0 Å². The first-order chi connectivity index (χ1) is 17.0. The first-order valence-electron chi connectivity index (χ1n) is 11.7. The molecule has 3 fully saturated rings. The van der Waals surface area contributed by atoms with E-state index in [0.717, 1.165) is 24.9 Å². The number of aromatic nitrogens is 1. The van der Waals surface area contributed by atoms with Crippen LogP contribution in [0.25, 0.3) is 10.9 Å². The van der Waals surface area contributed by atoms with Gasteiger partial charge in [0.05, 0.1) is 22.7 Å². The topological polar surface area (TPSA) is 25.4 Å². The molecule has 0 spiro atoms. The van der Waals surface area contributed by atoms with Gasteiger partial charge in [-0.1, -0.05) is 24.3 Å². The lowest BCUT2D eigenvalue weighted by atomic mass is 9.73. The second-order valence-electron chi connectivity index (χ2n) is 9.44. The number of alkyl halides is 6. The molecule has 4 heterocycles. The largest absolute Gasteiger partial charge is 0.484 e. The summed E-state index contributed by atoms with van der Waals surface area (Å²) in [6, 6.07) is 10.2. The van der Waals surface area contributed by atoms with Crippen molar-refractivity contribution in [1.82, 2.24) is 9.88 Å². The average Bonchev–Trinajstić information content (AvgIpc) is 2.86. The Kier molecular flexibility index (Phi) is 6.22. The Morgan fingerprint density at radius 2 is 1.69 bits per heavy atom. The third-order valence-corrected chi connectivity index (χ3v) is 7.32. The molecule has 0 N–H and O–H groups in total. The summed E-state index contributed by atoms with van der Waals surface area (Å²) < 4.78 is 87.2. The Morgan fingerprint density at radius 3 is 2.31 bits per heavy atom. The fourth-order valence-electron chi connectivity index (χ4n) is 5.55. The number of para-hydroxylation sites is 1. The van der Waals surface area contributed by atoms with Gasteiger partial charge in [-0.15, -0.1) is 6.58 Å². The molecule has 36 heavy (non-hydrogen) atoms. The lowest BCUT2D eigenvalue weighted by Crippen LogP contribution is -2.55. The Labute approximate surface area is 204 Å². The van der Waals surface area contributed by atoms with Crippen LogP contribution in [0, 0.1) is 11.8 Å². The fourth-order valence-corrected chi connectivity index (χ4v) is 5.55. The highest BCUT2D eigenvalue weighted by atomic mass is 19.4. The summed E-state index contributed by atoms with van der Waals surface area (Å²) in [5.74, 6) is 0.144. The highest BCUT2D eigenvalue weighted by Crippen LogP contribution is 2.45. The number of benzene rings is 2. The number of nitrogens with zero attached hydrogens (tertiary/aromatic N) is 2. The van der Waals surface area contributed by atoms with Crippen LogP contribution in [0.3, 0.4) is 0 Å². The summed E-state index contributed by atoms with van der Waals surface area (Å²) in [5, 5.41) is 0.746. The minimum absolute atomic E-state index is 0.116. The molecular weight excluding hydrogens is 482 g/mol. The lowest BCUT2D eigenvalue weighted by molar-refractivity contribution is -0.143. The maximum Gasteiger partial charge on any atom is 0.416 e. The molecule has 3 saturated heterocycles. The number of ether oxygens (including phenoxy) is 1. The Balaban J connectivity index is 1.62. The smallest absolute Gasteiger partial charge is 0.416 e. The van der Waals surface area contributed by atoms with Crippen molar-refractivity contribution in [2.24, 2.45) is 11.8 Å². The van der Waals surface area contributed by atoms with E-state index in [1.54, 1.807) is 12.3 Å². The second-order valence-corrected chi connectivity index (χ2v) is 9.44. The molecule has 2 aromatic carbocycles. The van der Waals surface area contributed by atoms with Crippen LogP contribution in [0.5, 0.6) is 5.75 Å². The number of piperidine rings is 3. The molecule has 6 rings (SSSR count). The molecule has 3 aromatic rings. The molecule has 2 bridgehead atoms. The Hall–Kier alpha value is -3.07. The first-order valence-corrected chi connectivity index (χ1v) is 11.7. The Bertz CT molecular complexity index is 1230. The molecule has 1 unspecified atom stereocenters. The van der Waals surface area contributed by atoms with Gasteiger partial charge in [0.1, 0.15) is 11.9 Å². The zero-order valence-electron chi connectivity index (χ0n) is 19.2. The van der Waals surface area contributed by atoms with Gasteiger partial charge >= 0.3 is 12.4 Å². The lowest BCUT2D eigenvalue weighted by Gasteiger charge is -2.51. The zero-order chi connectivity index (χ0) is 25.7. The summed E-state index contributed by atoms with van der Waals surface area (Å²) in [6.45, 7) is 5.42. The number of pyridine rings is 1. The molecule has 9 heteroatoms. The highest BCUT2D eigenvalue weighted by molar-refractivity contribution is 5.82. The van der Waals surface area contributed by atoms with Crippen LogP contribution in [-0.2, 0) is 12.4 Å². The zero-order valence-corrected chi connectivity index (χ0v) is 19.2. The van der Waals surface area contributed by atoms with Crippen LogP contribution < -0.4 is 4.74 Å². The van der Waals surface area contributed by atoms with E-state index in [1.165, 1.54) is 0 Å². The fraction of sp³-hybridized carbons (Fsp3) is 0.370. The van der Waals surface area contributed by atoms with Gasteiger partial charge in [0.25, 0.3) is 0 Å². The molecule has 3 aliphatic heterocycles. The van der Waals surface area contributed by atoms with Crippen molar-refractivity contribution in [3.8, 4) is 5.75 Å². The third kappa shape index (κ3) is 4.68. The average molecular weight is 506 g/mol. The van der Waals surface area contributed by atoms with Crippen LogP contribution in [0.1, 0.15) is 35.6 Å². The number of fused-ring (bicyclic) bond motifs is 4. The third-order valence-electron chi connectivity index (χ3n) is 7.32. The first kappa shape index (κ1) is 24.6. The van der Waals surface area contributed by atoms with Crippen molar-refractivity contribution in [2.45, 2.75) is 37.3 Å². The number of halogens is 6. The van der Waals surface area contributed by atoms with Crippen molar-refractivity contribution in [1.29, 1.82) is 0 Å². The number of hydrogen-bond acceptors (Lipinski definition) is 3. The quantitative estimate of drug-likeness (QED) is 0.268. The molecule has 3 nitrogen and oxygen atoms in total. The van der Waals surface area contributed by atoms with Crippen molar-refractivity contribution in [2.75, 3.05) is 13.1 Å². The predicted molar refractivity (Wildman–Crippen MR) is 123 cm³/mol. The SMILES string of the molecule is C=C[C@H]1CN2CC[C@H]1C[C@H]2[C@H](Oc1cc(C(F)(F)F)cc(C(F)(F)F)c1)c1ccnc2ccccc12. The van der Waals surface area contributed by atoms with E-state index in [1.807, 2.05) is 30.3 Å². The molecule has 0 aliphatic carbocycles. The van der Waals surface area contributed by atoms with Crippen molar-refractivity contribution in [3.63, 3.8) is 0 Å². The minimum atomic E-state index is -4.96. The number of hydrogen-bond donors (Lipinski definition) is 0. The van der Waals surface area contributed by atoms with Gasteiger partial charge in [-0.3, -0.25) is 9.88 Å². The van der Waals surface area contributed by atoms with Crippen molar-refractivity contribution in [3.05, 3.63) is 84.1 Å². The predicted octanol–water partition coefficient (Wildman–Crippen LogP) is 7.29. The normalized spacial score (nSPS) is 25.1. The maximum atomic E-state index is 13.5. The number of rotatable bonds is 5. The van der Waals surface area contributed by atoms with Gasteiger partial charge in [0.15, 0.2) is 0 Å². The van der Waals surface area contributed by atoms with Gasteiger partial charge in [-0.05, 0) is 61.6 Å². The van der Waals surface area contributed by atoms with E-state index >= 15 is 0 Å². The van der Waals surface area contributed by atoms with E-state index in [0.29, 0.717) is 35.6 Å². The van der Waals surface area contributed by atoms with Gasteiger partial charge in [0, 0.05) is 23.7 Å². The minimum Gasteiger partial charge on any atom is -0.484 e. The van der Waals surface area contributed by atoms with E-state index < -0.39 is 35.3 Å². The van der Waals surface area contributed by atoms with Crippen LogP contribution in [0.2, 0.25) is 0 Å². The molecule has 0 amide bonds. The maximum absolute atomic E-state index is 13.5. The summed E-state index contributed by atoms with van der Waals surface area (Å²) in [6.07, 6.45) is -5.54. The van der Waals surface area contributed by atoms with E-state index in [2.05, 4.69) is 16.5 Å². The van der Waals surface area contributed by atoms with Gasteiger partial charge in [-0.25, -0.2) is 0 Å². The molecule has 1 aromatic heterocycles. The van der Waals surface area contributed by atoms with Crippen molar-refractivity contribution < 1.29 is 31.1 Å². The summed E-state index contributed by atoms with van der Waals surface area (Å²) in [4.78, 5) is 6.58. The van der Waals surface area contributed by atoms with Gasteiger partial charge < -0.3 is 4.74 Å². The van der Waals surface area contributed by atoms with E-state index in [9.17, 15) is 26.3 Å². The van der Waals surface area contributed by atoms with Gasteiger partial charge in [-0.2, -0.15) is 26.3 Å². The highest BCUT2D eigenvalue weighted by Gasteiger charge is 2.44. The summed E-state index contributed by atoms with van der Waals surface area (Å²) in [5.41, 5.74) is -1.45. The van der Waals surface area contributed by atoms with E-state index in [4.69, 9.17) is 4.74 Å². The molecule has 5 atom stereocenters. The summed E-state index contributed by atoms with van der Waals surface area (Å²) >= 11 is 0. The molecule has 3 aliphatic rings. The molecule has 190 valence electrons. The van der Waals surface area contributed by atoms with Crippen molar-refractivity contribution >= 4 is 10.9 Å². The molecule has 0 radical (unpaired) electrons. The van der Waals surface area contributed by atoms with Crippen LogP contribution in [0.4, 0.5) is 26.3 Å². The second kappa shape index (κ2) is 9.10. The molecule has 0 saturated carbocycles. The standard InChI is InChI=1S/C27H24F6N2O/c1-2-16-15-35-10-8-17(16)11-24(35)25(22-7-9-34-23-6-4-3-5-21(22)23)36-20-13-18(26(28,29)30)12-19(14-20)27(31,32)33/h2-7,9,12-14,16-17,24-25H,1,8,10-11,15H2/t16-,17-,24-,25+/m0/s1. The monoisotopic (exact) mass is 506 g/mol. The van der Waals surface area contributed by atoms with Gasteiger partial charge in [0.2, 0.25) is 0 Å². The van der Waals surface area contributed by atoms with Crippen LogP contribution in [0.15, 0.2) is 67.4 Å². The van der Waals surface area contributed by atoms with E-state index in [-0.39, 0.29) is 18.0 Å². The Morgan fingerprint density at radius 1 is 1.00 bits per heavy atom. The molecular formula is C27H24F6N2O.